The van der Waals surface area contributed by atoms with E-state index in [0.29, 0.717) is 12.1 Å². The van der Waals surface area contributed by atoms with E-state index in [0.717, 1.165) is 24.1 Å². The maximum atomic E-state index is 14.6. The van der Waals surface area contributed by atoms with Gasteiger partial charge in [-0.25, -0.2) is 13.2 Å². The Balaban J connectivity index is 1.72. The van der Waals surface area contributed by atoms with Crippen LogP contribution in [0.15, 0.2) is 60.7 Å². The van der Waals surface area contributed by atoms with Gasteiger partial charge in [-0.15, -0.1) is 0 Å². The fraction of sp³-hybridized carbons (Fsp3) is 0.231. The molecule has 35 heavy (non-hydrogen) atoms. The number of rotatable bonds is 8. The van der Waals surface area contributed by atoms with Crippen LogP contribution in [0.4, 0.5) is 35.1 Å². The number of ether oxygens (including phenoxy) is 1. The van der Waals surface area contributed by atoms with E-state index in [1.54, 1.807) is 12.1 Å². The summed E-state index contributed by atoms with van der Waals surface area (Å²) in [6.07, 6.45) is -8.60. The van der Waals surface area contributed by atoms with Crippen LogP contribution in [0.3, 0.4) is 0 Å². The van der Waals surface area contributed by atoms with Gasteiger partial charge in [-0.1, -0.05) is 31.2 Å². The molecule has 9 heteroatoms. The molecule has 0 saturated carbocycles. The molecule has 0 bridgehead atoms. The van der Waals surface area contributed by atoms with E-state index in [1.807, 2.05) is 6.92 Å². The Morgan fingerprint density at radius 3 is 1.91 bits per heavy atom. The van der Waals surface area contributed by atoms with Crippen molar-refractivity contribution in [2.45, 2.75) is 38.5 Å². The number of allylic oxidation sites excluding steroid dienone is 1. The lowest BCUT2D eigenvalue weighted by molar-refractivity contribution is -0.180. The van der Waals surface area contributed by atoms with Crippen LogP contribution in [0.2, 0.25) is 0 Å². The highest BCUT2D eigenvalue weighted by atomic mass is 19.4. The second kappa shape index (κ2) is 10.5. The van der Waals surface area contributed by atoms with E-state index in [4.69, 9.17) is 4.74 Å². The van der Waals surface area contributed by atoms with Crippen molar-refractivity contribution in [2.75, 3.05) is 0 Å². The highest BCUT2D eigenvalue weighted by Gasteiger charge is 2.31. The Bertz CT molecular complexity index is 1170. The van der Waals surface area contributed by atoms with Gasteiger partial charge in [0.2, 0.25) is 0 Å². The summed E-state index contributed by atoms with van der Waals surface area (Å²) in [4.78, 5) is 0. The minimum atomic E-state index is -4.76. The molecule has 3 aromatic carbocycles. The van der Waals surface area contributed by atoms with Gasteiger partial charge >= 0.3 is 12.3 Å². The number of hydrogen-bond donors (Lipinski definition) is 0. The van der Waals surface area contributed by atoms with Crippen molar-refractivity contribution >= 4 is 6.08 Å². The largest absolute Gasteiger partial charge is 0.433 e. The van der Waals surface area contributed by atoms with E-state index in [-0.39, 0.29) is 41.0 Å². The summed E-state index contributed by atoms with van der Waals surface area (Å²) in [5, 5.41) is 0. The van der Waals surface area contributed by atoms with Crippen molar-refractivity contribution in [1.82, 2.24) is 0 Å². The van der Waals surface area contributed by atoms with Crippen molar-refractivity contribution in [3.05, 3.63) is 94.8 Å². The first-order chi connectivity index (χ1) is 16.4. The van der Waals surface area contributed by atoms with Crippen LogP contribution < -0.4 is 4.74 Å². The average molecular weight is 500 g/mol. The highest BCUT2D eigenvalue weighted by molar-refractivity contribution is 5.67. The lowest BCUT2D eigenvalue weighted by Gasteiger charge is -2.18. The molecule has 3 rings (SSSR count). The summed E-state index contributed by atoms with van der Waals surface area (Å²) in [7, 11) is 0. The number of alkyl halides is 5. The van der Waals surface area contributed by atoms with Gasteiger partial charge in [-0.3, -0.25) is 0 Å². The first kappa shape index (κ1) is 26.2. The van der Waals surface area contributed by atoms with Gasteiger partial charge in [0.15, 0.2) is 0 Å². The Morgan fingerprint density at radius 2 is 1.37 bits per heavy atom. The third kappa shape index (κ3) is 7.31. The first-order valence-corrected chi connectivity index (χ1v) is 10.6. The maximum Gasteiger partial charge on any atom is 0.409 e. The van der Waals surface area contributed by atoms with Gasteiger partial charge < -0.3 is 4.74 Å². The molecular formula is C26H20F8O. The molecule has 0 aromatic heterocycles. The van der Waals surface area contributed by atoms with Crippen LogP contribution in [0.1, 0.15) is 30.0 Å². The zero-order valence-electron chi connectivity index (χ0n) is 18.4. The molecule has 0 spiro atoms. The zero-order valence-corrected chi connectivity index (χ0v) is 18.4. The molecule has 0 aliphatic carbocycles. The van der Waals surface area contributed by atoms with Crippen molar-refractivity contribution in [3.8, 4) is 16.9 Å². The standard InChI is InChI=1S/C26H20F8O/c1-2-16-3-6-19(7-4-16)35-26(33,34)12-9-17-5-8-20(22(27)13-17)18-14-23(28)21(24(29)15-18)10-11-25(30,31)32/h3-8,10-11,13-15H,2,9,12H2,1H3. The SMILES string of the molecule is CCc1ccc(OC(F)(F)CCc2ccc(-c3cc(F)c(C=CC(F)(F)F)c(F)c3)c(F)c2)cc1. The molecule has 0 N–H and O–H groups in total. The fourth-order valence-electron chi connectivity index (χ4n) is 3.33. The quantitative estimate of drug-likeness (QED) is 0.282. The Morgan fingerprint density at radius 1 is 0.771 bits per heavy atom. The molecule has 0 amide bonds. The normalized spacial score (nSPS) is 12.4. The predicted molar refractivity (Wildman–Crippen MR) is 117 cm³/mol. The van der Waals surface area contributed by atoms with E-state index >= 15 is 0 Å². The monoisotopic (exact) mass is 500 g/mol. The Hall–Kier alpha value is -3.36. The van der Waals surface area contributed by atoms with E-state index in [2.05, 4.69) is 0 Å². The number of benzene rings is 3. The molecule has 0 atom stereocenters. The summed E-state index contributed by atoms with van der Waals surface area (Å²) >= 11 is 0. The summed E-state index contributed by atoms with van der Waals surface area (Å²) in [6.45, 7) is 1.92. The van der Waals surface area contributed by atoms with Gasteiger partial charge in [-0.2, -0.15) is 22.0 Å². The molecule has 1 nitrogen and oxygen atoms in total. The van der Waals surface area contributed by atoms with Crippen molar-refractivity contribution < 1.29 is 39.9 Å². The molecule has 0 aliphatic heterocycles. The van der Waals surface area contributed by atoms with E-state index in [1.165, 1.54) is 18.2 Å². The number of aryl methyl sites for hydroxylation is 2. The maximum absolute atomic E-state index is 14.6. The predicted octanol–water partition coefficient (Wildman–Crippen LogP) is 8.51. The van der Waals surface area contributed by atoms with Crippen LogP contribution in [-0.2, 0) is 12.8 Å². The highest BCUT2D eigenvalue weighted by Crippen LogP contribution is 2.31. The number of halogens is 8. The summed E-state index contributed by atoms with van der Waals surface area (Å²) in [6, 6.07) is 11.0. The summed E-state index contributed by atoms with van der Waals surface area (Å²) in [5.41, 5.74) is -0.256. The molecule has 0 unspecified atom stereocenters. The molecule has 0 fully saturated rings. The Kier molecular flexibility index (Phi) is 7.87. The smallest absolute Gasteiger partial charge is 0.409 e. The van der Waals surface area contributed by atoms with Crippen LogP contribution in [0.5, 0.6) is 5.75 Å². The lowest BCUT2D eigenvalue weighted by Crippen LogP contribution is -2.25. The van der Waals surface area contributed by atoms with Crippen molar-refractivity contribution in [1.29, 1.82) is 0 Å². The van der Waals surface area contributed by atoms with Gasteiger partial charge in [0.1, 0.15) is 23.2 Å². The van der Waals surface area contributed by atoms with Crippen LogP contribution >= 0.6 is 0 Å². The minimum Gasteiger partial charge on any atom is -0.433 e. The molecule has 3 aromatic rings. The van der Waals surface area contributed by atoms with Gasteiger partial charge in [0.05, 0.1) is 6.42 Å². The van der Waals surface area contributed by atoms with Crippen LogP contribution in [0.25, 0.3) is 17.2 Å². The van der Waals surface area contributed by atoms with Crippen LogP contribution in [-0.4, -0.2) is 12.3 Å². The second-order valence-electron chi connectivity index (χ2n) is 7.78. The molecule has 0 aliphatic rings. The zero-order chi connectivity index (χ0) is 25.8. The summed E-state index contributed by atoms with van der Waals surface area (Å²) < 4.78 is 113. The van der Waals surface area contributed by atoms with E-state index in [9.17, 15) is 35.1 Å². The molecule has 0 heterocycles. The van der Waals surface area contributed by atoms with Gasteiger partial charge in [0, 0.05) is 17.2 Å². The third-order valence-electron chi connectivity index (χ3n) is 5.17. The third-order valence-corrected chi connectivity index (χ3v) is 5.17. The topological polar surface area (TPSA) is 9.23 Å². The van der Waals surface area contributed by atoms with Gasteiger partial charge in [-0.05, 0) is 65.9 Å². The fourth-order valence-corrected chi connectivity index (χ4v) is 3.33. The molecule has 186 valence electrons. The number of hydrogen-bond acceptors (Lipinski definition) is 1. The Labute approximate surface area is 196 Å². The molecular weight excluding hydrogens is 480 g/mol. The van der Waals surface area contributed by atoms with Crippen molar-refractivity contribution in [2.24, 2.45) is 0 Å². The molecule has 0 radical (unpaired) electrons. The summed E-state index contributed by atoms with van der Waals surface area (Å²) in [5.74, 6) is -3.56. The second-order valence-corrected chi connectivity index (χ2v) is 7.78. The molecule has 0 saturated heterocycles. The lowest BCUT2D eigenvalue weighted by atomic mass is 9.99. The minimum absolute atomic E-state index is 0.00805. The van der Waals surface area contributed by atoms with Crippen molar-refractivity contribution in [3.63, 3.8) is 0 Å². The first-order valence-electron chi connectivity index (χ1n) is 10.6. The average Bonchev–Trinajstić information content (AvgIpc) is 2.76. The van der Waals surface area contributed by atoms with E-state index < -0.39 is 41.7 Å². The van der Waals surface area contributed by atoms with Crippen LogP contribution in [0, 0.1) is 17.5 Å². The van der Waals surface area contributed by atoms with Gasteiger partial charge in [0.25, 0.3) is 0 Å².